The van der Waals surface area contributed by atoms with E-state index in [4.69, 9.17) is 0 Å². The molecule has 1 aromatic rings. The highest BCUT2D eigenvalue weighted by Gasteiger charge is 2.34. The first-order chi connectivity index (χ1) is 9.02. The molecule has 0 saturated heterocycles. The number of hydrogen-bond donors (Lipinski definition) is 3. The van der Waals surface area contributed by atoms with Crippen molar-refractivity contribution in [2.45, 2.75) is 26.3 Å². The zero-order valence-electron chi connectivity index (χ0n) is 10.9. The Morgan fingerprint density at radius 2 is 2.11 bits per heavy atom. The molecule has 6 heteroatoms. The number of amides is 2. The molecule has 1 aliphatic rings. The van der Waals surface area contributed by atoms with Crippen LogP contribution in [0.2, 0.25) is 0 Å². The van der Waals surface area contributed by atoms with E-state index in [0.717, 1.165) is 6.42 Å². The average molecular weight is 263 g/mol. The number of aromatic amines is 1. The van der Waals surface area contributed by atoms with E-state index < -0.39 is 11.5 Å². The van der Waals surface area contributed by atoms with Crippen LogP contribution in [0.5, 0.6) is 0 Å². The minimum Gasteiger partial charge on any atom is -0.352 e. The summed E-state index contributed by atoms with van der Waals surface area (Å²) in [5.41, 5.74) is -0.249. The summed E-state index contributed by atoms with van der Waals surface area (Å²) in [6, 6.07) is 1.53. The van der Waals surface area contributed by atoms with E-state index in [1.165, 1.54) is 12.3 Å². The highest BCUT2D eigenvalue weighted by atomic mass is 16.2. The topological polar surface area (TPSA) is 91.1 Å². The van der Waals surface area contributed by atoms with E-state index in [9.17, 15) is 14.4 Å². The first kappa shape index (κ1) is 13.3. The van der Waals surface area contributed by atoms with E-state index >= 15 is 0 Å². The highest BCUT2D eigenvalue weighted by molar-refractivity contribution is 5.99. The van der Waals surface area contributed by atoms with E-state index in [2.05, 4.69) is 22.5 Å². The number of pyridine rings is 1. The van der Waals surface area contributed by atoms with Crippen molar-refractivity contribution in [2.24, 2.45) is 5.92 Å². The van der Waals surface area contributed by atoms with Gasteiger partial charge in [0.15, 0.2) is 0 Å². The molecule has 1 aromatic heterocycles. The maximum Gasteiger partial charge on any atom is 0.260 e. The van der Waals surface area contributed by atoms with Gasteiger partial charge in [0.1, 0.15) is 5.56 Å². The summed E-state index contributed by atoms with van der Waals surface area (Å²) in [6.07, 6.45) is 2.30. The van der Waals surface area contributed by atoms with Crippen molar-refractivity contribution in [1.82, 2.24) is 15.6 Å². The smallest absolute Gasteiger partial charge is 0.260 e. The third kappa shape index (κ3) is 3.01. The van der Waals surface area contributed by atoms with Gasteiger partial charge in [0.2, 0.25) is 0 Å². The van der Waals surface area contributed by atoms with Crippen LogP contribution in [0.15, 0.2) is 17.1 Å². The second-order valence-electron chi connectivity index (χ2n) is 4.78. The van der Waals surface area contributed by atoms with Crippen molar-refractivity contribution >= 4 is 11.8 Å². The molecule has 2 atom stereocenters. The minimum absolute atomic E-state index is 0.0432. The number of nitrogens with one attached hydrogen (secondary N) is 3. The van der Waals surface area contributed by atoms with Crippen molar-refractivity contribution in [3.63, 3.8) is 0 Å². The molecule has 19 heavy (non-hydrogen) atoms. The number of carbonyl (C=O) groups excluding carboxylic acids is 2. The van der Waals surface area contributed by atoms with Crippen LogP contribution in [-0.2, 0) is 0 Å². The van der Waals surface area contributed by atoms with E-state index in [1.54, 1.807) is 6.92 Å². The third-order valence-electron chi connectivity index (χ3n) is 3.17. The first-order valence-electron chi connectivity index (χ1n) is 6.34. The van der Waals surface area contributed by atoms with Gasteiger partial charge in [0.25, 0.3) is 17.4 Å². The van der Waals surface area contributed by atoms with Gasteiger partial charge in [-0.2, -0.15) is 0 Å². The Morgan fingerprint density at radius 3 is 2.68 bits per heavy atom. The third-order valence-corrected chi connectivity index (χ3v) is 3.17. The van der Waals surface area contributed by atoms with Gasteiger partial charge in [-0.15, -0.1) is 0 Å². The van der Waals surface area contributed by atoms with Crippen LogP contribution in [0.3, 0.4) is 0 Å². The summed E-state index contributed by atoms with van der Waals surface area (Å²) < 4.78 is 0. The molecule has 1 aliphatic carbocycles. The fourth-order valence-corrected chi connectivity index (χ4v) is 1.81. The molecule has 0 bridgehead atoms. The van der Waals surface area contributed by atoms with Crippen LogP contribution < -0.4 is 16.2 Å². The SMILES string of the molecule is CCNC(=O)c1cc(C(=O)N[C@@H]2C[C@H]2C)c[nH]c1=O. The van der Waals surface area contributed by atoms with Gasteiger partial charge in [0.05, 0.1) is 5.56 Å². The minimum atomic E-state index is -0.498. The van der Waals surface area contributed by atoms with Crippen molar-refractivity contribution in [3.8, 4) is 0 Å². The van der Waals surface area contributed by atoms with E-state index in [0.29, 0.717) is 18.0 Å². The molecule has 0 aliphatic heterocycles. The second kappa shape index (κ2) is 5.26. The second-order valence-corrected chi connectivity index (χ2v) is 4.78. The summed E-state index contributed by atoms with van der Waals surface area (Å²) in [4.78, 5) is 37.5. The normalized spacial score (nSPS) is 20.7. The molecule has 0 aromatic carbocycles. The Morgan fingerprint density at radius 1 is 1.42 bits per heavy atom. The molecule has 2 amide bonds. The predicted octanol–water partition coefficient (Wildman–Crippen LogP) is 0.263. The predicted molar refractivity (Wildman–Crippen MR) is 70.1 cm³/mol. The van der Waals surface area contributed by atoms with Crippen molar-refractivity contribution < 1.29 is 9.59 Å². The monoisotopic (exact) mass is 263 g/mol. The number of aromatic nitrogens is 1. The summed E-state index contributed by atoms with van der Waals surface area (Å²) in [6.45, 7) is 4.24. The van der Waals surface area contributed by atoms with Gasteiger partial charge < -0.3 is 15.6 Å². The number of H-pyrrole nitrogens is 1. The van der Waals surface area contributed by atoms with Gasteiger partial charge in [-0.05, 0) is 25.3 Å². The van der Waals surface area contributed by atoms with Crippen LogP contribution >= 0.6 is 0 Å². The van der Waals surface area contributed by atoms with Gasteiger partial charge in [-0.3, -0.25) is 14.4 Å². The van der Waals surface area contributed by atoms with Crippen LogP contribution in [0.25, 0.3) is 0 Å². The summed E-state index contributed by atoms with van der Waals surface area (Å²) >= 11 is 0. The molecule has 1 fully saturated rings. The zero-order valence-corrected chi connectivity index (χ0v) is 10.9. The molecule has 102 valence electrons. The standard InChI is InChI=1S/C13H17N3O3/c1-3-14-12(18)9-5-8(6-15-13(9)19)11(17)16-10-4-7(10)2/h5-7,10H,3-4H2,1-2H3,(H,14,18)(H,15,19)(H,16,17)/t7-,10-/m1/s1. The lowest BCUT2D eigenvalue weighted by molar-refractivity contribution is 0.0949. The molecule has 3 N–H and O–H groups in total. The van der Waals surface area contributed by atoms with Crippen LogP contribution in [0.1, 0.15) is 41.0 Å². The first-order valence-corrected chi connectivity index (χ1v) is 6.34. The molecule has 0 unspecified atom stereocenters. The van der Waals surface area contributed by atoms with Gasteiger partial charge in [0, 0.05) is 18.8 Å². The van der Waals surface area contributed by atoms with Crippen molar-refractivity contribution in [3.05, 3.63) is 33.7 Å². The number of carbonyl (C=O) groups is 2. The Balaban J connectivity index is 2.18. The Hall–Kier alpha value is -2.11. The van der Waals surface area contributed by atoms with E-state index in [-0.39, 0.29) is 17.5 Å². The summed E-state index contributed by atoms with van der Waals surface area (Å²) in [5, 5.41) is 5.38. The molecule has 1 saturated carbocycles. The quantitative estimate of drug-likeness (QED) is 0.728. The van der Waals surface area contributed by atoms with Crippen LogP contribution in [0.4, 0.5) is 0 Å². The largest absolute Gasteiger partial charge is 0.352 e. The lowest BCUT2D eigenvalue weighted by Crippen LogP contribution is -2.32. The van der Waals surface area contributed by atoms with Gasteiger partial charge >= 0.3 is 0 Å². The van der Waals surface area contributed by atoms with Crippen molar-refractivity contribution in [1.29, 1.82) is 0 Å². The van der Waals surface area contributed by atoms with Crippen molar-refractivity contribution in [2.75, 3.05) is 6.54 Å². The lowest BCUT2D eigenvalue weighted by Gasteiger charge is -2.06. The molecule has 0 spiro atoms. The molecular formula is C13H17N3O3. The highest BCUT2D eigenvalue weighted by Crippen LogP contribution is 2.29. The fourth-order valence-electron chi connectivity index (χ4n) is 1.81. The Labute approximate surface area is 110 Å². The molecule has 1 heterocycles. The molecule has 6 nitrogen and oxygen atoms in total. The maximum absolute atomic E-state index is 11.9. The molecule has 0 radical (unpaired) electrons. The number of hydrogen-bond acceptors (Lipinski definition) is 3. The average Bonchev–Trinajstić information content (AvgIpc) is 3.05. The van der Waals surface area contributed by atoms with Gasteiger partial charge in [-0.25, -0.2) is 0 Å². The fraction of sp³-hybridized carbons (Fsp3) is 0.462. The lowest BCUT2D eigenvalue weighted by atomic mass is 10.2. The Kier molecular flexibility index (Phi) is 3.69. The van der Waals surface area contributed by atoms with Gasteiger partial charge in [-0.1, -0.05) is 6.92 Å². The van der Waals surface area contributed by atoms with Crippen LogP contribution in [0, 0.1) is 5.92 Å². The summed E-state index contributed by atoms with van der Waals surface area (Å²) in [5.74, 6) is -0.246. The molecule has 2 rings (SSSR count). The Bertz CT molecular complexity index is 564. The van der Waals surface area contributed by atoms with E-state index in [1.807, 2.05) is 0 Å². The number of rotatable bonds is 4. The maximum atomic E-state index is 11.9. The van der Waals surface area contributed by atoms with Crippen LogP contribution in [-0.4, -0.2) is 29.4 Å². The zero-order chi connectivity index (χ0) is 14.0. The molecular weight excluding hydrogens is 246 g/mol. The summed E-state index contributed by atoms with van der Waals surface area (Å²) in [7, 11) is 0.